The molecule has 2 rings (SSSR count). The third kappa shape index (κ3) is 3.81. The van der Waals surface area contributed by atoms with Crippen LogP contribution in [0.1, 0.15) is 17.3 Å². The van der Waals surface area contributed by atoms with Gasteiger partial charge in [0.25, 0.3) is 5.91 Å². The van der Waals surface area contributed by atoms with Crippen LogP contribution >= 0.6 is 0 Å². The van der Waals surface area contributed by atoms with Crippen LogP contribution in [-0.2, 0) is 4.79 Å². The molecule has 1 heterocycles. The summed E-state index contributed by atoms with van der Waals surface area (Å²) in [5, 5.41) is 2.89. The molecule has 1 N–H and O–H groups in total. The van der Waals surface area contributed by atoms with Crippen molar-refractivity contribution in [3.05, 3.63) is 78.3 Å². The van der Waals surface area contributed by atoms with Crippen molar-refractivity contribution in [3.63, 3.8) is 0 Å². The number of nitrogens with zero attached hydrogens (tertiary/aromatic N) is 1. The quantitative estimate of drug-likeness (QED) is 0.676. The first-order chi connectivity index (χ1) is 10.2. The molecule has 1 aromatic heterocycles. The summed E-state index contributed by atoms with van der Waals surface area (Å²) in [6, 6.07) is 12.7. The molecule has 1 amide bonds. The van der Waals surface area contributed by atoms with Gasteiger partial charge >= 0.3 is 0 Å². The molecule has 0 aliphatic carbocycles. The van der Waals surface area contributed by atoms with Gasteiger partial charge in [0.1, 0.15) is 5.75 Å². The minimum atomic E-state index is -0.339. The second-order valence-corrected chi connectivity index (χ2v) is 4.32. The Morgan fingerprint density at radius 2 is 2.10 bits per heavy atom. The van der Waals surface area contributed by atoms with Gasteiger partial charge in [0, 0.05) is 12.3 Å². The van der Waals surface area contributed by atoms with Gasteiger partial charge in [0.2, 0.25) is 0 Å². The number of rotatable bonds is 5. The summed E-state index contributed by atoms with van der Waals surface area (Å²) in [5.74, 6) is 0.493. The molecule has 106 valence electrons. The van der Waals surface area contributed by atoms with Crippen LogP contribution in [0.15, 0.2) is 67.0 Å². The van der Waals surface area contributed by atoms with Crippen molar-refractivity contribution >= 4 is 5.91 Å². The molecule has 2 aromatic rings. The van der Waals surface area contributed by atoms with Crippen molar-refractivity contribution in [2.75, 3.05) is 7.11 Å². The highest BCUT2D eigenvalue weighted by Crippen LogP contribution is 2.22. The Labute approximate surface area is 123 Å². The zero-order valence-corrected chi connectivity index (χ0v) is 11.7. The topological polar surface area (TPSA) is 51.2 Å². The van der Waals surface area contributed by atoms with Crippen LogP contribution in [0.25, 0.3) is 0 Å². The van der Waals surface area contributed by atoms with E-state index in [2.05, 4.69) is 22.6 Å². The highest BCUT2D eigenvalue weighted by molar-refractivity contribution is 5.87. The highest BCUT2D eigenvalue weighted by atomic mass is 16.5. The normalized spacial score (nSPS) is 11.1. The summed E-state index contributed by atoms with van der Waals surface area (Å²) in [5.41, 5.74) is 4.14. The zero-order chi connectivity index (χ0) is 15.1. The highest BCUT2D eigenvalue weighted by Gasteiger charge is 2.16. The molecule has 0 aliphatic heterocycles. The van der Waals surface area contributed by atoms with Crippen molar-refractivity contribution in [3.8, 4) is 5.75 Å². The van der Waals surface area contributed by atoms with Gasteiger partial charge in [-0.1, -0.05) is 24.8 Å². The number of aromatic nitrogens is 1. The van der Waals surface area contributed by atoms with Crippen LogP contribution in [0, 0.1) is 0 Å². The lowest BCUT2D eigenvalue weighted by atomic mass is 10.0. The number of carbonyl (C=O) groups is 1. The molecule has 0 saturated heterocycles. The van der Waals surface area contributed by atoms with E-state index in [0.29, 0.717) is 0 Å². The monoisotopic (exact) mass is 280 g/mol. The van der Waals surface area contributed by atoms with E-state index in [1.165, 1.54) is 6.08 Å². The van der Waals surface area contributed by atoms with Gasteiger partial charge in [-0.2, -0.15) is 0 Å². The van der Waals surface area contributed by atoms with Gasteiger partial charge in [0.15, 0.2) is 0 Å². The molecule has 0 fully saturated rings. The lowest BCUT2D eigenvalue weighted by Gasteiger charge is -2.18. The van der Waals surface area contributed by atoms with Gasteiger partial charge in [0.05, 0.1) is 18.8 Å². The van der Waals surface area contributed by atoms with Crippen LogP contribution in [-0.4, -0.2) is 18.0 Å². The van der Waals surface area contributed by atoms with Crippen LogP contribution in [0.4, 0.5) is 0 Å². The van der Waals surface area contributed by atoms with Gasteiger partial charge < -0.3 is 10.1 Å². The zero-order valence-electron chi connectivity index (χ0n) is 11.7. The van der Waals surface area contributed by atoms with E-state index in [0.717, 1.165) is 17.0 Å². The number of hydrogen-bond donors (Lipinski definition) is 1. The molecule has 0 saturated carbocycles. The summed E-state index contributed by atoms with van der Waals surface area (Å²) in [6.07, 6.45) is 2.96. The van der Waals surface area contributed by atoms with E-state index in [4.69, 9.17) is 4.74 Å². The number of hydrogen-bond acceptors (Lipinski definition) is 3. The smallest absolute Gasteiger partial charge is 0.252 e. The third-order valence-corrected chi connectivity index (χ3v) is 2.95. The van der Waals surface area contributed by atoms with Crippen LogP contribution in [0.5, 0.6) is 5.75 Å². The van der Waals surface area contributed by atoms with Crippen molar-refractivity contribution in [1.29, 1.82) is 0 Å². The van der Waals surface area contributed by atoms with Crippen molar-refractivity contribution in [1.82, 2.24) is 10.3 Å². The van der Waals surface area contributed by atoms with E-state index in [-0.39, 0.29) is 11.9 Å². The number of methoxy groups -OCH3 is 1. The Kier molecular flexibility index (Phi) is 4.91. The molecule has 21 heavy (non-hydrogen) atoms. The first kappa shape index (κ1) is 14.6. The Balaban J connectivity index is 2.34. The third-order valence-electron chi connectivity index (χ3n) is 2.95. The van der Waals surface area contributed by atoms with Crippen LogP contribution < -0.4 is 10.1 Å². The largest absolute Gasteiger partial charge is 0.497 e. The van der Waals surface area contributed by atoms with E-state index >= 15 is 0 Å². The Bertz CT molecular complexity index is 644. The fourth-order valence-corrected chi connectivity index (χ4v) is 1.95. The van der Waals surface area contributed by atoms with Crippen LogP contribution in [0.3, 0.4) is 0 Å². The van der Waals surface area contributed by atoms with Crippen LogP contribution in [0.2, 0.25) is 0 Å². The van der Waals surface area contributed by atoms with Crippen molar-refractivity contribution in [2.24, 2.45) is 0 Å². The maximum absolute atomic E-state index is 11.8. The maximum Gasteiger partial charge on any atom is 0.252 e. The summed E-state index contributed by atoms with van der Waals surface area (Å²) < 4.78 is 5.15. The summed E-state index contributed by atoms with van der Waals surface area (Å²) in [7, 11) is 1.61. The average Bonchev–Trinajstić information content (AvgIpc) is 2.54. The number of pyridine rings is 1. The minimum absolute atomic E-state index is 0.267. The summed E-state index contributed by atoms with van der Waals surface area (Å²) >= 11 is 0. The number of ether oxygens (including phenoxy) is 1. The molecule has 0 aliphatic rings. The SMILES string of the molecule is C=C=CC(=O)NC(c1ccc(OC)cc1)c1ccccn1. The molecule has 1 unspecified atom stereocenters. The first-order valence-electron chi connectivity index (χ1n) is 6.46. The van der Waals surface area contributed by atoms with Gasteiger partial charge in [-0.05, 0) is 29.8 Å². The van der Waals surface area contributed by atoms with Gasteiger partial charge in [-0.15, -0.1) is 5.73 Å². The molecule has 0 radical (unpaired) electrons. The molecule has 4 heteroatoms. The predicted octanol–water partition coefficient (Wildman–Crippen LogP) is 2.64. The molecule has 1 atom stereocenters. The summed E-state index contributed by atoms with van der Waals surface area (Å²) in [6.45, 7) is 3.40. The Morgan fingerprint density at radius 1 is 1.33 bits per heavy atom. The second-order valence-electron chi connectivity index (χ2n) is 4.32. The second kappa shape index (κ2) is 7.08. The van der Waals surface area contributed by atoms with E-state index in [1.54, 1.807) is 13.3 Å². The molecule has 0 bridgehead atoms. The van der Waals surface area contributed by atoms with E-state index < -0.39 is 0 Å². The molecular weight excluding hydrogens is 264 g/mol. The van der Waals surface area contributed by atoms with E-state index in [1.807, 2.05) is 42.5 Å². The number of nitrogens with one attached hydrogen (secondary N) is 1. The lowest BCUT2D eigenvalue weighted by molar-refractivity contribution is -0.117. The average molecular weight is 280 g/mol. The lowest BCUT2D eigenvalue weighted by Crippen LogP contribution is -2.28. The Morgan fingerprint density at radius 3 is 2.67 bits per heavy atom. The maximum atomic E-state index is 11.8. The molecule has 0 spiro atoms. The standard InChI is InChI=1S/C17H16N2O2/c1-3-6-16(20)19-17(15-7-4-5-12-18-15)13-8-10-14(21-2)11-9-13/h4-12,17H,1H2,2H3,(H,19,20). The number of amides is 1. The number of benzene rings is 1. The minimum Gasteiger partial charge on any atom is -0.497 e. The predicted molar refractivity (Wildman–Crippen MR) is 80.9 cm³/mol. The van der Waals surface area contributed by atoms with Crippen molar-refractivity contribution in [2.45, 2.75) is 6.04 Å². The van der Waals surface area contributed by atoms with Gasteiger partial charge in [-0.3, -0.25) is 9.78 Å². The molecule has 4 nitrogen and oxygen atoms in total. The molecule has 1 aromatic carbocycles. The van der Waals surface area contributed by atoms with E-state index in [9.17, 15) is 4.79 Å². The van der Waals surface area contributed by atoms with Gasteiger partial charge in [-0.25, -0.2) is 0 Å². The Hall–Kier alpha value is -2.84. The fraction of sp³-hybridized carbons (Fsp3) is 0.118. The fourth-order valence-electron chi connectivity index (χ4n) is 1.95. The number of carbonyl (C=O) groups excluding carboxylic acids is 1. The molecular formula is C17H16N2O2. The van der Waals surface area contributed by atoms with Crippen molar-refractivity contribution < 1.29 is 9.53 Å². The summed E-state index contributed by atoms with van der Waals surface area (Å²) in [4.78, 5) is 16.1. The first-order valence-corrected chi connectivity index (χ1v) is 6.46.